The molecule has 2 fully saturated rings. The molecule has 0 bridgehead atoms. The molecule has 0 amide bonds. The number of rotatable bonds is 2. The van der Waals surface area contributed by atoms with Gasteiger partial charge in [-0.2, -0.15) is 11.8 Å². The van der Waals surface area contributed by atoms with E-state index in [-0.39, 0.29) is 5.54 Å². The van der Waals surface area contributed by atoms with E-state index in [1.807, 2.05) is 11.8 Å². The minimum absolute atomic E-state index is 0.132. The van der Waals surface area contributed by atoms with Crippen molar-refractivity contribution in [2.75, 3.05) is 18.1 Å². The lowest BCUT2D eigenvalue weighted by Crippen LogP contribution is -2.33. The van der Waals surface area contributed by atoms with Crippen LogP contribution in [0.4, 0.5) is 0 Å². The Bertz CT molecular complexity index is 434. The van der Waals surface area contributed by atoms with Crippen molar-refractivity contribution < 1.29 is 0 Å². The van der Waals surface area contributed by atoms with Crippen LogP contribution in [0.3, 0.4) is 0 Å². The smallest absolute Gasteiger partial charge is 0.0444 e. The van der Waals surface area contributed by atoms with Gasteiger partial charge < -0.3 is 5.32 Å². The fourth-order valence-corrected chi connectivity index (χ4v) is 4.71. The second-order valence-electron chi connectivity index (χ2n) is 5.66. The summed E-state index contributed by atoms with van der Waals surface area (Å²) in [6.45, 7) is 3.41. The van der Waals surface area contributed by atoms with Gasteiger partial charge in [0.1, 0.15) is 0 Å². The van der Waals surface area contributed by atoms with E-state index >= 15 is 0 Å². The molecule has 98 valence electrons. The third kappa shape index (κ3) is 2.31. The van der Waals surface area contributed by atoms with Gasteiger partial charge in [-0.3, -0.25) is 0 Å². The predicted octanol–water partition coefficient (Wildman–Crippen LogP) is 4.16. The van der Waals surface area contributed by atoms with Crippen molar-refractivity contribution in [1.82, 2.24) is 5.32 Å². The van der Waals surface area contributed by atoms with E-state index in [0.29, 0.717) is 5.92 Å². The van der Waals surface area contributed by atoms with E-state index in [4.69, 9.17) is 11.6 Å². The second kappa shape index (κ2) is 5.07. The molecule has 1 aromatic rings. The van der Waals surface area contributed by atoms with Gasteiger partial charge in [-0.05, 0) is 61.6 Å². The Kier molecular flexibility index (Phi) is 3.61. The lowest BCUT2D eigenvalue weighted by Gasteiger charge is -2.26. The minimum Gasteiger partial charge on any atom is -0.308 e. The van der Waals surface area contributed by atoms with Crippen molar-refractivity contribution in [3.63, 3.8) is 0 Å². The summed E-state index contributed by atoms with van der Waals surface area (Å²) in [6.07, 6.45) is 3.75. The molecule has 2 atom stereocenters. The Hall–Kier alpha value is -0.180. The standard InChI is InChI=1S/C15H20ClNS/c1-15(6-2-7-17-15)12-3-4-13(14(16)9-12)11-5-8-18-10-11/h3-4,9,11,17H,2,5-8,10H2,1H3. The number of thioether (sulfide) groups is 1. The average molecular weight is 282 g/mol. The highest BCUT2D eigenvalue weighted by Gasteiger charge is 2.30. The van der Waals surface area contributed by atoms with Gasteiger partial charge in [0, 0.05) is 16.3 Å². The van der Waals surface area contributed by atoms with Gasteiger partial charge in [0.2, 0.25) is 0 Å². The van der Waals surface area contributed by atoms with Crippen LogP contribution in [0, 0.1) is 0 Å². The molecule has 2 aliphatic heterocycles. The normalized spacial score (nSPS) is 32.0. The molecule has 2 aliphatic rings. The predicted molar refractivity (Wildman–Crippen MR) is 80.7 cm³/mol. The Morgan fingerprint density at radius 3 is 2.94 bits per heavy atom. The lowest BCUT2D eigenvalue weighted by atomic mass is 9.88. The summed E-state index contributed by atoms with van der Waals surface area (Å²) in [5.41, 5.74) is 2.83. The first kappa shape index (κ1) is 12.8. The lowest BCUT2D eigenvalue weighted by molar-refractivity contribution is 0.434. The zero-order chi connectivity index (χ0) is 12.6. The Balaban J connectivity index is 1.88. The monoisotopic (exact) mass is 281 g/mol. The molecule has 1 nitrogen and oxygen atoms in total. The second-order valence-corrected chi connectivity index (χ2v) is 7.22. The van der Waals surface area contributed by atoms with E-state index in [0.717, 1.165) is 11.6 Å². The molecular formula is C15H20ClNS. The van der Waals surface area contributed by atoms with Crippen LogP contribution < -0.4 is 5.32 Å². The molecule has 18 heavy (non-hydrogen) atoms. The quantitative estimate of drug-likeness (QED) is 0.874. The third-order valence-corrected chi connectivity index (χ3v) is 5.87. The highest BCUT2D eigenvalue weighted by molar-refractivity contribution is 7.99. The number of benzene rings is 1. The first-order valence-corrected chi connectivity index (χ1v) is 8.35. The van der Waals surface area contributed by atoms with E-state index in [1.54, 1.807) is 0 Å². The third-order valence-electron chi connectivity index (χ3n) is 4.38. The van der Waals surface area contributed by atoms with Crippen LogP contribution in [0.25, 0.3) is 0 Å². The zero-order valence-corrected chi connectivity index (χ0v) is 12.4. The van der Waals surface area contributed by atoms with Crippen LogP contribution in [-0.4, -0.2) is 18.1 Å². The molecule has 1 aromatic carbocycles. The maximum absolute atomic E-state index is 6.51. The summed E-state index contributed by atoms with van der Waals surface area (Å²) in [4.78, 5) is 0. The van der Waals surface area contributed by atoms with Gasteiger partial charge in [-0.25, -0.2) is 0 Å². The summed E-state index contributed by atoms with van der Waals surface area (Å²) in [6, 6.07) is 6.74. The fraction of sp³-hybridized carbons (Fsp3) is 0.600. The van der Waals surface area contributed by atoms with Gasteiger partial charge in [-0.1, -0.05) is 23.7 Å². The van der Waals surface area contributed by atoms with Gasteiger partial charge in [0.05, 0.1) is 0 Å². The van der Waals surface area contributed by atoms with E-state index in [9.17, 15) is 0 Å². The first-order valence-electron chi connectivity index (χ1n) is 6.82. The van der Waals surface area contributed by atoms with Gasteiger partial charge in [0.25, 0.3) is 0 Å². The van der Waals surface area contributed by atoms with E-state index in [2.05, 4.69) is 30.4 Å². The van der Waals surface area contributed by atoms with E-state index < -0.39 is 0 Å². The minimum atomic E-state index is 0.132. The van der Waals surface area contributed by atoms with Gasteiger partial charge >= 0.3 is 0 Å². The summed E-state index contributed by atoms with van der Waals surface area (Å²) < 4.78 is 0. The Labute approximate surface area is 119 Å². The van der Waals surface area contributed by atoms with Crippen LogP contribution in [0.2, 0.25) is 5.02 Å². The maximum Gasteiger partial charge on any atom is 0.0444 e. The molecule has 3 heteroatoms. The first-order chi connectivity index (χ1) is 8.69. The van der Waals surface area contributed by atoms with Crippen molar-refractivity contribution in [2.45, 2.75) is 37.6 Å². The van der Waals surface area contributed by atoms with Crippen molar-refractivity contribution in [3.05, 3.63) is 34.3 Å². The van der Waals surface area contributed by atoms with Gasteiger partial charge in [-0.15, -0.1) is 0 Å². The molecular weight excluding hydrogens is 262 g/mol. The summed E-state index contributed by atoms with van der Waals surface area (Å²) in [7, 11) is 0. The van der Waals surface area contributed by atoms with Crippen LogP contribution >= 0.6 is 23.4 Å². The van der Waals surface area contributed by atoms with Gasteiger partial charge in [0.15, 0.2) is 0 Å². The SMILES string of the molecule is CC1(c2ccc(C3CCSC3)c(Cl)c2)CCCN1. The maximum atomic E-state index is 6.51. The summed E-state index contributed by atoms with van der Waals surface area (Å²) in [5, 5.41) is 4.57. The molecule has 0 saturated carbocycles. The number of hydrogen-bond acceptors (Lipinski definition) is 2. The summed E-state index contributed by atoms with van der Waals surface area (Å²) >= 11 is 8.56. The molecule has 0 aliphatic carbocycles. The van der Waals surface area contributed by atoms with Crippen molar-refractivity contribution in [3.8, 4) is 0 Å². The summed E-state index contributed by atoms with van der Waals surface area (Å²) in [5.74, 6) is 3.18. The van der Waals surface area contributed by atoms with Crippen molar-refractivity contribution in [1.29, 1.82) is 0 Å². The van der Waals surface area contributed by atoms with Crippen molar-refractivity contribution in [2.24, 2.45) is 0 Å². The molecule has 2 saturated heterocycles. The Morgan fingerprint density at radius 1 is 1.44 bits per heavy atom. The zero-order valence-electron chi connectivity index (χ0n) is 10.8. The van der Waals surface area contributed by atoms with Crippen LogP contribution in [0.1, 0.15) is 43.2 Å². The molecule has 0 spiro atoms. The van der Waals surface area contributed by atoms with Crippen LogP contribution in [-0.2, 0) is 5.54 Å². The number of nitrogens with one attached hydrogen (secondary N) is 1. The van der Waals surface area contributed by atoms with E-state index in [1.165, 1.54) is 41.9 Å². The molecule has 0 radical (unpaired) electrons. The highest BCUT2D eigenvalue weighted by atomic mass is 35.5. The molecule has 3 rings (SSSR count). The van der Waals surface area contributed by atoms with Crippen LogP contribution in [0.5, 0.6) is 0 Å². The van der Waals surface area contributed by atoms with Crippen molar-refractivity contribution >= 4 is 23.4 Å². The fourth-order valence-electron chi connectivity index (χ4n) is 3.12. The topological polar surface area (TPSA) is 12.0 Å². The largest absolute Gasteiger partial charge is 0.308 e. The van der Waals surface area contributed by atoms with Crippen LogP contribution in [0.15, 0.2) is 18.2 Å². The molecule has 0 aromatic heterocycles. The molecule has 1 N–H and O–H groups in total. The highest BCUT2D eigenvalue weighted by Crippen LogP contribution is 2.38. The molecule has 2 unspecified atom stereocenters. The number of halogens is 1. The number of hydrogen-bond donors (Lipinski definition) is 1. The average Bonchev–Trinajstić information content (AvgIpc) is 3.00. The molecule has 2 heterocycles. The Morgan fingerprint density at radius 2 is 2.33 bits per heavy atom.